The zero-order valence-electron chi connectivity index (χ0n) is 14.3. The zero-order chi connectivity index (χ0) is 18.5. The molecule has 0 spiro atoms. The first kappa shape index (κ1) is 17.7. The Kier molecular flexibility index (Phi) is 5.33. The lowest BCUT2D eigenvalue weighted by Gasteiger charge is -2.09. The standard InChI is InChI=1S/C18H17N3O4S/c1-23-13-9-7-12(8-10-13)16-20-21(18(26)25-16)11-19-15-6-4-3-5-14(15)17(22)24-2/h3-10,19H,11H2,1-2H3. The fourth-order valence-electron chi connectivity index (χ4n) is 2.34. The molecule has 1 heterocycles. The van der Waals surface area contributed by atoms with Crippen molar-refractivity contribution in [1.29, 1.82) is 0 Å². The van der Waals surface area contributed by atoms with Gasteiger partial charge in [0.25, 0.3) is 4.84 Å². The molecule has 3 rings (SSSR count). The number of rotatable bonds is 6. The van der Waals surface area contributed by atoms with E-state index in [0.717, 1.165) is 11.3 Å². The minimum Gasteiger partial charge on any atom is -0.497 e. The summed E-state index contributed by atoms with van der Waals surface area (Å²) in [7, 11) is 2.95. The lowest BCUT2D eigenvalue weighted by Crippen LogP contribution is -2.13. The van der Waals surface area contributed by atoms with Crippen molar-refractivity contribution in [2.45, 2.75) is 6.67 Å². The lowest BCUT2D eigenvalue weighted by molar-refractivity contribution is 0.0602. The molecule has 0 aliphatic rings. The Labute approximate surface area is 155 Å². The Hall–Kier alpha value is -3.13. The minimum absolute atomic E-state index is 0.221. The number of aromatic nitrogens is 2. The van der Waals surface area contributed by atoms with Crippen LogP contribution in [-0.2, 0) is 11.4 Å². The predicted molar refractivity (Wildman–Crippen MR) is 98.7 cm³/mol. The number of carbonyl (C=O) groups excluding carboxylic acids is 1. The summed E-state index contributed by atoms with van der Waals surface area (Å²) in [5, 5.41) is 7.49. The molecule has 2 aromatic carbocycles. The Morgan fingerprint density at radius 1 is 1.19 bits per heavy atom. The summed E-state index contributed by atoms with van der Waals surface area (Å²) in [6.45, 7) is 0.243. The Morgan fingerprint density at radius 2 is 1.92 bits per heavy atom. The van der Waals surface area contributed by atoms with E-state index in [1.807, 2.05) is 30.3 Å². The molecule has 0 amide bonds. The van der Waals surface area contributed by atoms with Crippen LogP contribution in [0.5, 0.6) is 5.75 Å². The summed E-state index contributed by atoms with van der Waals surface area (Å²) >= 11 is 5.22. The van der Waals surface area contributed by atoms with Crippen LogP contribution in [-0.4, -0.2) is 30.0 Å². The number of esters is 1. The maximum atomic E-state index is 11.8. The molecular formula is C18H17N3O4S. The van der Waals surface area contributed by atoms with Gasteiger partial charge in [-0.1, -0.05) is 12.1 Å². The summed E-state index contributed by atoms with van der Waals surface area (Å²) in [5.41, 5.74) is 1.83. The molecule has 0 unspecified atom stereocenters. The number of ether oxygens (including phenoxy) is 2. The summed E-state index contributed by atoms with van der Waals surface area (Å²) in [4.78, 5) is 12.0. The van der Waals surface area contributed by atoms with Gasteiger partial charge in [0.2, 0.25) is 5.89 Å². The Balaban J connectivity index is 1.79. The van der Waals surface area contributed by atoms with Crippen molar-refractivity contribution in [2.75, 3.05) is 19.5 Å². The number of benzene rings is 2. The normalized spacial score (nSPS) is 10.4. The van der Waals surface area contributed by atoms with E-state index >= 15 is 0 Å². The number of hydrogen-bond acceptors (Lipinski definition) is 7. The van der Waals surface area contributed by atoms with E-state index in [0.29, 0.717) is 17.1 Å². The second kappa shape index (κ2) is 7.83. The van der Waals surface area contributed by atoms with Gasteiger partial charge in [-0.3, -0.25) is 0 Å². The van der Waals surface area contributed by atoms with Gasteiger partial charge in [0, 0.05) is 5.56 Å². The number of para-hydroxylation sites is 1. The average molecular weight is 371 g/mol. The van der Waals surface area contributed by atoms with Gasteiger partial charge in [0.1, 0.15) is 12.4 Å². The van der Waals surface area contributed by atoms with Gasteiger partial charge in [-0.05, 0) is 48.6 Å². The zero-order valence-corrected chi connectivity index (χ0v) is 15.1. The van der Waals surface area contributed by atoms with Gasteiger partial charge in [-0.25, -0.2) is 9.48 Å². The number of methoxy groups -OCH3 is 2. The maximum Gasteiger partial charge on any atom is 0.339 e. The van der Waals surface area contributed by atoms with E-state index in [4.69, 9.17) is 26.1 Å². The van der Waals surface area contributed by atoms with E-state index < -0.39 is 5.97 Å². The molecule has 0 bridgehead atoms. The summed E-state index contributed by atoms with van der Waals surface area (Å²) in [6, 6.07) is 14.4. The van der Waals surface area contributed by atoms with Crippen LogP contribution in [0.2, 0.25) is 0 Å². The summed E-state index contributed by atoms with van der Waals surface area (Å²) in [5.74, 6) is 0.726. The topological polar surface area (TPSA) is 78.5 Å². The lowest BCUT2D eigenvalue weighted by atomic mass is 10.2. The highest BCUT2D eigenvalue weighted by Gasteiger charge is 2.12. The first-order chi connectivity index (χ1) is 12.6. The highest BCUT2D eigenvalue weighted by atomic mass is 32.1. The molecule has 0 atom stereocenters. The molecule has 0 fully saturated rings. The van der Waals surface area contributed by atoms with Gasteiger partial charge in [0.05, 0.1) is 25.5 Å². The third kappa shape index (κ3) is 3.75. The molecule has 0 aliphatic heterocycles. The molecule has 0 saturated carbocycles. The van der Waals surface area contributed by atoms with E-state index in [1.165, 1.54) is 11.8 Å². The highest BCUT2D eigenvalue weighted by Crippen LogP contribution is 2.21. The van der Waals surface area contributed by atoms with Gasteiger partial charge in [0.15, 0.2) is 0 Å². The third-order valence-electron chi connectivity index (χ3n) is 3.69. The van der Waals surface area contributed by atoms with Crippen LogP contribution in [0.15, 0.2) is 52.9 Å². The first-order valence-corrected chi connectivity index (χ1v) is 8.17. The summed E-state index contributed by atoms with van der Waals surface area (Å²) in [6.07, 6.45) is 0. The van der Waals surface area contributed by atoms with Crippen molar-refractivity contribution < 1.29 is 18.7 Å². The second-order valence-electron chi connectivity index (χ2n) is 5.27. The van der Waals surface area contributed by atoms with Crippen LogP contribution in [0.3, 0.4) is 0 Å². The summed E-state index contributed by atoms with van der Waals surface area (Å²) < 4.78 is 17.0. The van der Waals surface area contributed by atoms with Crippen molar-refractivity contribution in [3.05, 3.63) is 58.9 Å². The molecule has 3 aromatic rings. The molecule has 134 valence electrons. The van der Waals surface area contributed by atoms with Crippen molar-refractivity contribution in [3.63, 3.8) is 0 Å². The van der Waals surface area contributed by atoms with E-state index in [9.17, 15) is 4.79 Å². The van der Waals surface area contributed by atoms with E-state index in [2.05, 4.69) is 10.4 Å². The van der Waals surface area contributed by atoms with Crippen LogP contribution < -0.4 is 10.1 Å². The fourth-order valence-corrected chi connectivity index (χ4v) is 2.53. The third-order valence-corrected chi connectivity index (χ3v) is 3.99. The van der Waals surface area contributed by atoms with Crippen LogP contribution in [0.4, 0.5) is 5.69 Å². The number of hydrogen-bond donors (Lipinski definition) is 1. The molecule has 1 aromatic heterocycles. The SMILES string of the molecule is COC(=O)c1ccccc1NCn1nc(-c2ccc(OC)cc2)oc1=S. The number of nitrogens with zero attached hydrogens (tertiary/aromatic N) is 2. The molecule has 0 saturated heterocycles. The van der Waals surface area contributed by atoms with Gasteiger partial charge >= 0.3 is 5.97 Å². The van der Waals surface area contributed by atoms with Crippen molar-refractivity contribution in [2.24, 2.45) is 0 Å². The molecule has 26 heavy (non-hydrogen) atoms. The quantitative estimate of drug-likeness (QED) is 0.522. The number of nitrogens with one attached hydrogen (secondary N) is 1. The average Bonchev–Trinajstić information content (AvgIpc) is 3.06. The van der Waals surface area contributed by atoms with Crippen LogP contribution in [0.1, 0.15) is 10.4 Å². The molecule has 0 radical (unpaired) electrons. The molecule has 1 N–H and O–H groups in total. The smallest absolute Gasteiger partial charge is 0.339 e. The monoisotopic (exact) mass is 371 g/mol. The van der Waals surface area contributed by atoms with Crippen molar-refractivity contribution >= 4 is 23.9 Å². The predicted octanol–water partition coefficient (Wildman–Crippen LogP) is 3.74. The van der Waals surface area contributed by atoms with Crippen molar-refractivity contribution in [1.82, 2.24) is 9.78 Å². The number of carbonyl (C=O) groups is 1. The first-order valence-electron chi connectivity index (χ1n) is 7.76. The Morgan fingerprint density at radius 3 is 2.62 bits per heavy atom. The van der Waals surface area contributed by atoms with Crippen LogP contribution >= 0.6 is 12.2 Å². The minimum atomic E-state index is -0.421. The molecular weight excluding hydrogens is 354 g/mol. The maximum absolute atomic E-state index is 11.8. The van der Waals surface area contributed by atoms with Crippen molar-refractivity contribution in [3.8, 4) is 17.2 Å². The molecule has 8 heteroatoms. The number of anilines is 1. The Bertz CT molecular complexity index is 963. The fraction of sp³-hybridized carbons (Fsp3) is 0.167. The highest BCUT2D eigenvalue weighted by molar-refractivity contribution is 7.71. The molecule has 0 aliphatic carbocycles. The van der Waals surface area contributed by atoms with E-state index in [1.54, 1.807) is 25.3 Å². The van der Waals surface area contributed by atoms with Crippen LogP contribution in [0, 0.1) is 4.84 Å². The van der Waals surface area contributed by atoms with Crippen LogP contribution in [0.25, 0.3) is 11.5 Å². The van der Waals surface area contributed by atoms with Gasteiger partial charge < -0.3 is 19.2 Å². The van der Waals surface area contributed by atoms with Gasteiger partial charge in [-0.2, -0.15) is 0 Å². The van der Waals surface area contributed by atoms with Gasteiger partial charge in [-0.15, -0.1) is 5.10 Å². The second-order valence-corrected chi connectivity index (χ2v) is 5.62. The van der Waals surface area contributed by atoms with E-state index in [-0.39, 0.29) is 11.5 Å². The molecule has 7 nitrogen and oxygen atoms in total. The largest absolute Gasteiger partial charge is 0.497 e.